The molecule has 0 bridgehead atoms. The summed E-state index contributed by atoms with van der Waals surface area (Å²) >= 11 is 3.79. The number of allylic oxidation sites excluding steroid dienone is 1. The molecule has 1 aliphatic rings. The van der Waals surface area contributed by atoms with Gasteiger partial charge in [-0.25, -0.2) is 0 Å². The number of rotatable bonds is 3. The van der Waals surface area contributed by atoms with E-state index in [9.17, 15) is 10.5 Å². The highest BCUT2D eigenvalue weighted by Gasteiger charge is 2.23. The maximum absolute atomic E-state index is 10.4. The normalized spacial score (nSPS) is 14.1. The van der Waals surface area contributed by atoms with Crippen LogP contribution in [-0.2, 0) is 6.42 Å². The van der Waals surface area contributed by atoms with E-state index in [0.29, 0.717) is 17.0 Å². The molecule has 9 aromatic rings. The molecule has 3 nitrogen and oxygen atoms in total. The molecule has 0 amide bonds. The minimum absolute atomic E-state index is 0.397. The second kappa shape index (κ2) is 10.8. The van der Waals surface area contributed by atoms with Gasteiger partial charge in [0.2, 0.25) is 0 Å². The van der Waals surface area contributed by atoms with Gasteiger partial charge < -0.3 is 4.57 Å². The lowest BCUT2D eigenvalue weighted by Crippen LogP contribution is -2.03. The van der Waals surface area contributed by atoms with Crippen LogP contribution >= 0.6 is 22.7 Å². The summed E-state index contributed by atoms with van der Waals surface area (Å²) in [5, 5.41) is 26.0. The van der Waals surface area contributed by atoms with E-state index in [1.54, 1.807) is 0 Å². The molecular weight excluding hydrogens is 635 g/mol. The van der Waals surface area contributed by atoms with E-state index in [4.69, 9.17) is 0 Å². The van der Waals surface area contributed by atoms with E-state index in [0.717, 1.165) is 45.0 Å². The van der Waals surface area contributed by atoms with Crippen LogP contribution in [0.5, 0.6) is 0 Å². The smallest absolute Gasteiger partial charge is 0.101 e. The molecule has 0 fully saturated rings. The van der Waals surface area contributed by atoms with Crippen LogP contribution in [0.25, 0.3) is 75.0 Å². The summed E-state index contributed by atoms with van der Waals surface area (Å²) in [5.74, 6) is 0.397. The van der Waals surface area contributed by atoms with Crippen LogP contribution in [0.4, 0.5) is 0 Å². The molecule has 0 aliphatic heterocycles. The van der Waals surface area contributed by atoms with Crippen molar-refractivity contribution in [3.05, 3.63) is 155 Å². The van der Waals surface area contributed by atoms with Crippen molar-refractivity contribution in [3.63, 3.8) is 0 Å². The first-order valence-electron chi connectivity index (χ1n) is 16.3. The van der Waals surface area contributed by atoms with Crippen LogP contribution in [0.2, 0.25) is 0 Å². The van der Waals surface area contributed by atoms with E-state index in [-0.39, 0.29) is 0 Å². The highest BCUT2D eigenvalue weighted by molar-refractivity contribution is 7.31. The number of benzene rings is 6. The lowest BCUT2D eigenvalue weighted by atomic mass is 9.87. The molecule has 0 spiro atoms. The predicted molar refractivity (Wildman–Crippen MR) is 206 cm³/mol. The van der Waals surface area contributed by atoms with Gasteiger partial charge in [0.1, 0.15) is 6.07 Å². The standard InChI is InChI=1S/C44H25N3S2/c45-24-26-13-18-39-35(21-26)32-10-4-5-12-38(32)47(39)42-30(25-46)9-6-11-31(42)29-15-20-41-37(23-29)34-17-16-33-36-22-28(27-7-2-1-3-8-27)14-19-40(36)48-43(33)44(34)49-41/h1-21,23,28H,22H2. The Morgan fingerprint density at radius 3 is 2.33 bits per heavy atom. The second-order valence-electron chi connectivity index (χ2n) is 12.7. The number of thiophene rings is 2. The van der Waals surface area contributed by atoms with Crippen molar-refractivity contribution in [2.24, 2.45) is 0 Å². The molecule has 3 heterocycles. The Kier molecular flexibility index (Phi) is 6.17. The van der Waals surface area contributed by atoms with Gasteiger partial charge in [0.05, 0.1) is 43.3 Å². The SMILES string of the molecule is N#Cc1ccc2c(c1)c1ccccc1n2-c1c(C#N)cccc1-c1ccc2sc3c(ccc4c5c(sc43)C=CC(c3ccccc3)C5)c2c1. The lowest BCUT2D eigenvalue weighted by Gasteiger charge is -2.17. The maximum atomic E-state index is 10.4. The first-order chi connectivity index (χ1) is 24.2. The number of nitrogens with zero attached hydrogens (tertiary/aromatic N) is 3. The van der Waals surface area contributed by atoms with Crippen LogP contribution in [0.1, 0.15) is 33.0 Å². The topological polar surface area (TPSA) is 52.5 Å². The van der Waals surface area contributed by atoms with Crippen molar-refractivity contribution in [1.29, 1.82) is 10.5 Å². The van der Waals surface area contributed by atoms with Crippen molar-refractivity contribution >= 4 is 80.8 Å². The minimum Gasteiger partial charge on any atom is -0.307 e. The van der Waals surface area contributed by atoms with Gasteiger partial charge in [-0.05, 0) is 77.0 Å². The van der Waals surface area contributed by atoms with E-state index in [1.165, 1.54) is 46.3 Å². The van der Waals surface area contributed by atoms with Crippen molar-refractivity contribution in [2.45, 2.75) is 12.3 Å². The van der Waals surface area contributed by atoms with Crippen LogP contribution in [-0.4, -0.2) is 4.57 Å². The molecule has 1 atom stereocenters. The molecule has 5 heteroatoms. The van der Waals surface area contributed by atoms with Crippen LogP contribution in [0.3, 0.4) is 0 Å². The average molecular weight is 660 g/mol. The third-order valence-electron chi connectivity index (χ3n) is 10.1. The summed E-state index contributed by atoms with van der Waals surface area (Å²) in [6.45, 7) is 0. The third-order valence-corrected chi connectivity index (χ3v) is 12.6. The molecule has 0 N–H and O–H groups in total. The number of hydrogen-bond acceptors (Lipinski definition) is 4. The highest BCUT2D eigenvalue weighted by Crippen LogP contribution is 2.47. The monoisotopic (exact) mass is 659 g/mol. The number of fused-ring (bicyclic) bond motifs is 10. The Morgan fingerprint density at radius 1 is 0.633 bits per heavy atom. The van der Waals surface area contributed by atoms with Gasteiger partial charge in [0, 0.05) is 42.6 Å². The van der Waals surface area contributed by atoms with Gasteiger partial charge in [0.15, 0.2) is 0 Å². The van der Waals surface area contributed by atoms with E-state index >= 15 is 0 Å². The summed E-state index contributed by atoms with van der Waals surface area (Å²) in [7, 11) is 0. The molecule has 1 aliphatic carbocycles. The summed E-state index contributed by atoms with van der Waals surface area (Å²) in [6.07, 6.45) is 5.72. The maximum Gasteiger partial charge on any atom is 0.101 e. The van der Waals surface area contributed by atoms with Crippen LogP contribution < -0.4 is 0 Å². The number of para-hydroxylation sites is 2. The van der Waals surface area contributed by atoms with Crippen molar-refractivity contribution in [1.82, 2.24) is 4.57 Å². The van der Waals surface area contributed by atoms with Gasteiger partial charge in [-0.2, -0.15) is 10.5 Å². The Morgan fingerprint density at radius 2 is 1.45 bits per heavy atom. The largest absolute Gasteiger partial charge is 0.307 e. The van der Waals surface area contributed by atoms with Gasteiger partial charge in [-0.3, -0.25) is 0 Å². The van der Waals surface area contributed by atoms with Crippen LogP contribution in [0, 0.1) is 22.7 Å². The third kappa shape index (κ3) is 4.17. The lowest BCUT2D eigenvalue weighted by molar-refractivity contribution is 0.837. The molecule has 0 radical (unpaired) electrons. The molecule has 6 aromatic carbocycles. The van der Waals surface area contributed by atoms with Crippen molar-refractivity contribution in [2.75, 3.05) is 0 Å². The van der Waals surface area contributed by atoms with Crippen LogP contribution in [0.15, 0.2) is 127 Å². The molecule has 228 valence electrons. The summed E-state index contributed by atoms with van der Waals surface area (Å²) in [5.41, 5.74) is 8.95. The van der Waals surface area contributed by atoms with E-state index < -0.39 is 0 Å². The fourth-order valence-electron chi connectivity index (χ4n) is 7.78. The zero-order valence-corrected chi connectivity index (χ0v) is 27.8. The molecule has 49 heavy (non-hydrogen) atoms. The van der Waals surface area contributed by atoms with Crippen molar-refractivity contribution < 1.29 is 0 Å². The highest BCUT2D eigenvalue weighted by atomic mass is 32.1. The summed E-state index contributed by atoms with van der Waals surface area (Å²) < 4.78 is 6.17. The fourth-order valence-corrected chi connectivity index (χ4v) is 10.3. The second-order valence-corrected chi connectivity index (χ2v) is 14.8. The van der Waals surface area contributed by atoms with E-state index in [1.807, 2.05) is 65.1 Å². The first kappa shape index (κ1) is 28.1. The summed E-state index contributed by atoms with van der Waals surface area (Å²) in [6, 6.07) is 47.1. The number of hydrogen-bond donors (Lipinski definition) is 0. The molecule has 0 saturated heterocycles. The average Bonchev–Trinajstić information content (AvgIpc) is 3.83. The number of nitriles is 2. The summed E-state index contributed by atoms with van der Waals surface area (Å²) in [4.78, 5) is 1.37. The molecule has 0 saturated carbocycles. The molecule has 1 unspecified atom stereocenters. The molecule has 10 rings (SSSR count). The first-order valence-corrected chi connectivity index (χ1v) is 17.9. The van der Waals surface area contributed by atoms with Crippen molar-refractivity contribution in [3.8, 4) is 29.0 Å². The molecule has 3 aromatic heterocycles. The number of aromatic nitrogens is 1. The van der Waals surface area contributed by atoms with E-state index in [2.05, 4.69) is 108 Å². The Balaban J connectivity index is 1.16. The zero-order valence-electron chi connectivity index (χ0n) is 26.1. The van der Waals surface area contributed by atoms with Gasteiger partial charge in [-0.1, -0.05) is 84.9 Å². The predicted octanol–water partition coefficient (Wildman–Crippen LogP) is 12.1. The Labute approximate surface area is 290 Å². The Bertz CT molecular complexity index is 2940. The van der Waals surface area contributed by atoms with Gasteiger partial charge >= 0.3 is 0 Å². The minimum atomic E-state index is 0.397. The molecular formula is C44H25N3S2. The van der Waals surface area contributed by atoms with Gasteiger partial charge in [-0.15, -0.1) is 22.7 Å². The Hall–Kier alpha value is -5.98. The van der Waals surface area contributed by atoms with Gasteiger partial charge in [0.25, 0.3) is 0 Å². The fraction of sp³-hybridized carbons (Fsp3) is 0.0455. The zero-order chi connectivity index (χ0) is 32.6. The quantitative estimate of drug-likeness (QED) is 0.189.